The van der Waals surface area contributed by atoms with Crippen LogP contribution in [0, 0.1) is 5.92 Å². The third kappa shape index (κ3) is 3.85. The van der Waals surface area contributed by atoms with Gasteiger partial charge in [-0.2, -0.15) is 0 Å². The number of likely N-dealkylation sites (tertiary alicyclic amines) is 1. The molecular formula is C13H18Cl2N2. The molecule has 0 aromatic heterocycles. The number of hydrogen-bond donors (Lipinski definition) is 1. The fraction of sp³-hybridized carbons (Fsp3) is 0.538. The zero-order valence-electron chi connectivity index (χ0n) is 10.0. The molecule has 0 aliphatic carbocycles. The molecule has 1 N–H and O–H groups in total. The van der Waals surface area contributed by atoms with E-state index in [1.54, 1.807) is 6.07 Å². The summed E-state index contributed by atoms with van der Waals surface area (Å²) in [7, 11) is 2.01. The molecule has 0 saturated carbocycles. The van der Waals surface area contributed by atoms with Gasteiger partial charge < -0.3 is 5.32 Å². The lowest BCUT2D eigenvalue weighted by atomic mass is 10.1. The second kappa shape index (κ2) is 6.05. The molecule has 1 aromatic rings. The van der Waals surface area contributed by atoms with E-state index in [2.05, 4.69) is 10.2 Å². The largest absolute Gasteiger partial charge is 0.319 e. The molecular weight excluding hydrogens is 255 g/mol. The van der Waals surface area contributed by atoms with Crippen LogP contribution in [0.2, 0.25) is 10.0 Å². The van der Waals surface area contributed by atoms with Gasteiger partial charge in [-0.15, -0.1) is 0 Å². The van der Waals surface area contributed by atoms with Gasteiger partial charge in [0.15, 0.2) is 0 Å². The van der Waals surface area contributed by atoms with Gasteiger partial charge in [0.25, 0.3) is 0 Å². The second-order valence-corrected chi connectivity index (χ2v) is 5.60. The summed E-state index contributed by atoms with van der Waals surface area (Å²) >= 11 is 12.0. The first-order valence-electron chi connectivity index (χ1n) is 5.99. The van der Waals surface area contributed by atoms with Gasteiger partial charge >= 0.3 is 0 Å². The zero-order chi connectivity index (χ0) is 12.3. The minimum atomic E-state index is 0.721. The fourth-order valence-electron chi connectivity index (χ4n) is 2.47. The first-order valence-corrected chi connectivity index (χ1v) is 6.75. The zero-order valence-corrected chi connectivity index (χ0v) is 11.6. The Morgan fingerprint density at radius 3 is 2.65 bits per heavy atom. The Morgan fingerprint density at radius 2 is 2.00 bits per heavy atom. The van der Waals surface area contributed by atoms with Gasteiger partial charge in [0.05, 0.1) is 0 Å². The summed E-state index contributed by atoms with van der Waals surface area (Å²) in [6, 6.07) is 5.78. The molecule has 4 heteroatoms. The van der Waals surface area contributed by atoms with Crippen molar-refractivity contribution in [1.29, 1.82) is 0 Å². The Morgan fingerprint density at radius 1 is 1.29 bits per heavy atom. The molecule has 0 spiro atoms. The lowest BCUT2D eigenvalue weighted by Crippen LogP contribution is -2.24. The van der Waals surface area contributed by atoms with Crippen LogP contribution in [0.5, 0.6) is 0 Å². The minimum absolute atomic E-state index is 0.721. The van der Waals surface area contributed by atoms with Crippen LogP contribution < -0.4 is 5.32 Å². The summed E-state index contributed by atoms with van der Waals surface area (Å²) in [6.45, 7) is 4.37. The summed E-state index contributed by atoms with van der Waals surface area (Å²) in [5, 5.41) is 4.69. The third-order valence-electron chi connectivity index (χ3n) is 3.19. The van der Waals surface area contributed by atoms with Crippen LogP contribution in [0.25, 0.3) is 0 Å². The van der Waals surface area contributed by atoms with E-state index in [-0.39, 0.29) is 0 Å². The van der Waals surface area contributed by atoms with E-state index in [9.17, 15) is 0 Å². The van der Waals surface area contributed by atoms with Crippen LogP contribution in [0.3, 0.4) is 0 Å². The average Bonchev–Trinajstić information content (AvgIpc) is 2.64. The van der Waals surface area contributed by atoms with Crippen molar-refractivity contribution < 1.29 is 0 Å². The first kappa shape index (κ1) is 13.2. The second-order valence-electron chi connectivity index (χ2n) is 4.73. The van der Waals surface area contributed by atoms with Gasteiger partial charge in [-0.3, -0.25) is 4.90 Å². The van der Waals surface area contributed by atoms with E-state index in [1.807, 2.05) is 19.2 Å². The number of rotatable bonds is 4. The van der Waals surface area contributed by atoms with Crippen molar-refractivity contribution in [2.75, 3.05) is 26.7 Å². The highest BCUT2D eigenvalue weighted by molar-refractivity contribution is 6.34. The molecule has 1 fully saturated rings. The van der Waals surface area contributed by atoms with E-state index < -0.39 is 0 Å². The highest BCUT2D eigenvalue weighted by Gasteiger charge is 2.21. The Labute approximate surface area is 113 Å². The summed E-state index contributed by atoms with van der Waals surface area (Å²) in [5.74, 6) is 0.773. The lowest BCUT2D eigenvalue weighted by molar-refractivity contribution is 0.315. The highest BCUT2D eigenvalue weighted by atomic mass is 35.5. The molecule has 0 radical (unpaired) electrons. The summed E-state index contributed by atoms with van der Waals surface area (Å²) in [5.41, 5.74) is 1.20. The Kier molecular flexibility index (Phi) is 4.69. The quantitative estimate of drug-likeness (QED) is 0.907. The summed E-state index contributed by atoms with van der Waals surface area (Å²) in [6.07, 6.45) is 1.27. The smallest absolute Gasteiger partial charge is 0.0424 e. The van der Waals surface area contributed by atoms with Gasteiger partial charge in [0.2, 0.25) is 0 Å². The van der Waals surface area contributed by atoms with Crippen LogP contribution in [-0.4, -0.2) is 31.6 Å². The van der Waals surface area contributed by atoms with Gasteiger partial charge in [-0.05, 0) is 56.2 Å². The van der Waals surface area contributed by atoms with Crippen molar-refractivity contribution in [2.24, 2.45) is 5.92 Å². The molecule has 1 heterocycles. The monoisotopic (exact) mass is 272 g/mol. The van der Waals surface area contributed by atoms with Crippen molar-refractivity contribution in [3.05, 3.63) is 33.8 Å². The van der Waals surface area contributed by atoms with Crippen molar-refractivity contribution in [3.63, 3.8) is 0 Å². The molecule has 1 unspecified atom stereocenters. The SMILES string of the molecule is CNCC1CCN(Cc2cc(Cl)cc(Cl)c2)C1. The maximum Gasteiger partial charge on any atom is 0.0424 e. The van der Waals surface area contributed by atoms with Crippen LogP contribution in [0.15, 0.2) is 18.2 Å². The number of benzene rings is 1. The van der Waals surface area contributed by atoms with Gasteiger partial charge in [-0.1, -0.05) is 23.2 Å². The highest BCUT2D eigenvalue weighted by Crippen LogP contribution is 2.23. The predicted octanol–water partition coefficient (Wildman–Crippen LogP) is 3.03. The topological polar surface area (TPSA) is 15.3 Å². The molecule has 94 valence electrons. The number of hydrogen-bond acceptors (Lipinski definition) is 2. The fourth-order valence-corrected chi connectivity index (χ4v) is 3.04. The van der Waals surface area contributed by atoms with Crippen LogP contribution >= 0.6 is 23.2 Å². The average molecular weight is 273 g/mol. The number of nitrogens with zero attached hydrogens (tertiary/aromatic N) is 1. The Hall–Kier alpha value is -0.280. The van der Waals surface area contributed by atoms with E-state index >= 15 is 0 Å². The molecule has 0 bridgehead atoms. The molecule has 1 saturated heterocycles. The summed E-state index contributed by atoms with van der Waals surface area (Å²) in [4.78, 5) is 2.46. The lowest BCUT2D eigenvalue weighted by Gasteiger charge is -2.16. The van der Waals surface area contributed by atoms with E-state index in [0.717, 1.165) is 42.1 Å². The summed E-state index contributed by atoms with van der Waals surface area (Å²) < 4.78 is 0. The van der Waals surface area contributed by atoms with Crippen LogP contribution in [0.1, 0.15) is 12.0 Å². The predicted molar refractivity (Wildman–Crippen MR) is 73.8 cm³/mol. The van der Waals surface area contributed by atoms with Crippen LogP contribution in [0.4, 0.5) is 0 Å². The van der Waals surface area contributed by atoms with Crippen molar-refractivity contribution in [2.45, 2.75) is 13.0 Å². The van der Waals surface area contributed by atoms with Gasteiger partial charge in [-0.25, -0.2) is 0 Å². The molecule has 1 aromatic carbocycles. The standard InChI is InChI=1S/C13H18Cl2N2/c1-16-7-10-2-3-17(8-10)9-11-4-12(14)6-13(15)5-11/h4-6,10,16H,2-3,7-9H2,1H3. The van der Waals surface area contributed by atoms with Gasteiger partial charge in [0, 0.05) is 23.1 Å². The third-order valence-corrected chi connectivity index (χ3v) is 3.63. The van der Waals surface area contributed by atoms with E-state index in [0.29, 0.717) is 0 Å². The molecule has 2 nitrogen and oxygen atoms in total. The number of nitrogens with one attached hydrogen (secondary N) is 1. The van der Waals surface area contributed by atoms with Crippen molar-refractivity contribution in [3.8, 4) is 0 Å². The molecule has 17 heavy (non-hydrogen) atoms. The van der Waals surface area contributed by atoms with E-state index in [1.165, 1.54) is 12.0 Å². The van der Waals surface area contributed by atoms with Crippen molar-refractivity contribution >= 4 is 23.2 Å². The van der Waals surface area contributed by atoms with Crippen LogP contribution in [-0.2, 0) is 6.54 Å². The molecule has 0 amide bonds. The molecule has 1 atom stereocenters. The maximum absolute atomic E-state index is 6.00. The minimum Gasteiger partial charge on any atom is -0.319 e. The first-order chi connectivity index (χ1) is 8.17. The maximum atomic E-state index is 6.00. The normalized spacial score (nSPS) is 21.0. The van der Waals surface area contributed by atoms with Gasteiger partial charge in [0.1, 0.15) is 0 Å². The van der Waals surface area contributed by atoms with Crippen molar-refractivity contribution in [1.82, 2.24) is 10.2 Å². The molecule has 2 rings (SSSR count). The Balaban J connectivity index is 1.93. The molecule has 1 aliphatic heterocycles. The Bertz CT molecular complexity index is 361. The number of halogens is 2. The molecule has 1 aliphatic rings. The van der Waals surface area contributed by atoms with E-state index in [4.69, 9.17) is 23.2 Å².